The summed E-state index contributed by atoms with van der Waals surface area (Å²) < 4.78 is 10.7. The molecule has 0 unspecified atom stereocenters. The highest BCUT2D eigenvalue weighted by atomic mass is 16.5. The topological polar surface area (TPSA) is 97.6 Å². The van der Waals surface area contributed by atoms with E-state index in [0.717, 1.165) is 16.5 Å². The van der Waals surface area contributed by atoms with Gasteiger partial charge < -0.3 is 19.8 Å². The fourth-order valence-electron chi connectivity index (χ4n) is 2.89. The standard InChI is InChI=1S/C24H24N2O5/c1-16(21-14-19-10-6-7-11-20(19)31-21)25-23(28)15-30-24(29)17(2)26-22(27)13-12-18-8-4-3-5-9-18/h3-14,16-17H,15H2,1-2H3,(H,25,28)(H,26,27)/b13-12+/t16-,17+/m1/s1. The van der Waals surface area contributed by atoms with E-state index in [9.17, 15) is 14.4 Å². The maximum atomic E-state index is 12.1. The molecule has 0 bridgehead atoms. The van der Waals surface area contributed by atoms with Crippen LogP contribution in [0.2, 0.25) is 0 Å². The number of hydrogen-bond donors (Lipinski definition) is 2. The molecule has 0 fully saturated rings. The van der Waals surface area contributed by atoms with Crippen LogP contribution in [0.4, 0.5) is 0 Å². The van der Waals surface area contributed by atoms with Crippen LogP contribution in [0.15, 0.2) is 71.2 Å². The molecule has 3 rings (SSSR count). The number of hydrogen-bond acceptors (Lipinski definition) is 5. The molecule has 3 aromatic rings. The Balaban J connectivity index is 1.43. The quantitative estimate of drug-likeness (QED) is 0.430. The van der Waals surface area contributed by atoms with Crippen molar-refractivity contribution in [3.8, 4) is 0 Å². The summed E-state index contributed by atoms with van der Waals surface area (Å²) >= 11 is 0. The van der Waals surface area contributed by atoms with Crippen molar-refractivity contribution in [3.63, 3.8) is 0 Å². The number of benzene rings is 2. The molecule has 0 aliphatic carbocycles. The number of ether oxygens (including phenoxy) is 1. The first-order valence-electron chi connectivity index (χ1n) is 9.90. The van der Waals surface area contributed by atoms with Crippen LogP contribution in [0.5, 0.6) is 0 Å². The van der Waals surface area contributed by atoms with Crippen molar-refractivity contribution in [1.29, 1.82) is 0 Å². The maximum absolute atomic E-state index is 12.1. The second-order valence-electron chi connectivity index (χ2n) is 7.06. The molecule has 31 heavy (non-hydrogen) atoms. The maximum Gasteiger partial charge on any atom is 0.328 e. The molecule has 0 saturated carbocycles. The third-order valence-corrected chi connectivity index (χ3v) is 4.53. The van der Waals surface area contributed by atoms with Gasteiger partial charge in [0.05, 0.1) is 6.04 Å². The first-order valence-corrected chi connectivity index (χ1v) is 9.90. The molecule has 0 aliphatic rings. The van der Waals surface area contributed by atoms with E-state index in [1.54, 1.807) is 13.0 Å². The summed E-state index contributed by atoms with van der Waals surface area (Å²) in [5, 5.41) is 6.17. The van der Waals surface area contributed by atoms with Crippen LogP contribution in [0.3, 0.4) is 0 Å². The van der Waals surface area contributed by atoms with Gasteiger partial charge in [0.2, 0.25) is 5.91 Å². The monoisotopic (exact) mass is 420 g/mol. The lowest BCUT2D eigenvalue weighted by Gasteiger charge is -2.14. The molecule has 0 spiro atoms. The van der Waals surface area contributed by atoms with E-state index in [0.29, 0.717) is 5.76 Å². The average molecular weight is 420 g/mol. The van der Waals surface area contributed by atoms with E-state index in [-0.39, 0.29) is 6.04 Å². The van der Waals surface area contributed by atoms with Gasteiger partial charge in [-0.05, 0) is 37.6 Å². The van der Waals surface area contributed by atoms with Crippen LogP contribution in [0.25, 0.3) is 17.0 Å². The lowest BCUT2D eigenvalue weighted by molar-refractivity contribution is -0.151. The van der Waals surface area contributed by atoms with Crippen LogP contribution in [0.1, 0.15) is 31.2 Å². The van der Waals surface area contributed by atoms with Gasteiger partial charge in [0.15, 0.2) is 6.61 Å². The minimum absolute atomic E-state index is 0.390. The first kappa shape index (κ1) is 21.8. The lowest BCUT2D eigenvalue weighted by atomic mass is 10.2. The third kappa shape index (κ3) is 6.30. The molecule has 0 radical (unpaired) electrons. The lowest BCUT2D eigenvalue weighted by Crippen LogP contribution is -2.40. The fraction of sp³-hybridized carbons (Fsp3) is 0.208. The highest BCUT2D eigenvalue weighted by Crippen LogP contribution is 2.23. The van der Waals surface area contributed by atoms with Gasteiger partial charge in [-0.2, -0.15) is 0 Å². The summed E-state index contributed by atoms with van der Waals surface area (Å²) in [4.78, 5) is 36.1. The van der Waals surface area contributed by atoms with Crippen molar-refractivity contribution < 1.29 is 23.5 Å². The Bertz CT molecular complexity index is 1050. The van der Waals surface area contributed by atoms with Crippen LogP contribution >= 0.6 is 0 Å². The fourth-order valence-corrected chi connectivity index (χ4v) is 2.89. The summed E-state index contributed by atoms with van der Waals surface area (Å²) in [6, 6.07) is 17.4. The molecule has 1 heterocycles. The van der Waals surface area contributed by atoms with Gasteiger partial charge in [-0.1, -0.05) is 48.5 Å². The molecular formula is C24H24N2O5. The summed E-state index contributed by atoms with van der Waals surface area (Å²) in [6.45, 7) is 2.81. The zero-order valence-electron chi connectivity index (χ0n) is 17.3. The molecule has 2 amide bonds. The van der Waals surface area contributed by atoms with Crippen LogP contribution < -0.4 is 10.6 Å². The van der Waals surface area contributed by atoms with Gasteiger partial charge in [0, 0.05) is 11.5 Å². The molecule has 160 valence electrons. The van der Waals surface area contributed by atoms with Crippen LogP contribution in [-0.2, 0) is 19.1 Å². The molecule has 1 aromatic heterocycles. The van der Waals surface area contributed by atoms with Gasteiger partial charge in [-0.15, -0.1) is 0 Å². The third-order valence-electron chi connectivity index (χ3n) is 4.53. The predicted molar refractivity (Wildman–Crippen MR) is 117 cm³/mol. The number of fused-ring (bicyclic) bond motifs is 1. The molecule has 2 atom stereocenters. The number of nitrogens with one attached hydrogen (secondary N) is 2. The second kappa shape index (κ2) is 10.2. The summed E-state index contributed by atoms with van der Waals surface area (Å²) in [6.07, 6.45) is 2.97. The van der Waals surface area contributed by atoms with Crippen molar-refractivity contribution in [2.75, 3.05) is 6.61 Å². The van der Waals surface area contributed by atoms with Gasteiger partial charge >= 0.3 is 5.97 Å². The van der Waals surface area contributed by atoms with E-state index in [4.69, 9.17) is 9.15 Å². The van der Waals surface area contributed by atoms with E-state index in [1.807, 2.05) is 60.7 Å². The Hall–Kier alpha value is -3.87. The van der Waals surface area contributed by atoms with Crippen molar-refractivity contribution in [2.24, 2.45) is 0 Å². The number of esters is 1. The molecule has 7 nitrogen and oxygen atoms in total. The molecule has 7 heteroatoms. The normalized spacial score (nSPS) is 13.0. The number of carbonyl (C=O) groups excluding carboxylic acids is 3. The average Bonchev–Trinajstić information content (AvgIpc) is 3.21. The molecule has 2 aromatic carbocycles. The highest BCUT2D eigenvalue weighted by Gasteiger charge is 2.19. The molecule has 0 aliphatic heterocycles. The predicted octanol–water partition coefficient (Wildman–Crippen LogP) is 3.37. The Labute approximate surface area is 180 Å². The Morgan fingerprint density at radius 3 is 2.45 bits per heavy atom. The Morgan fingerprint density at radius 1 is 1.00 bits per heavy atom. The number of furan rings is 1. The van der Waals surface area contributed by atoms with Crippen molar-refractivity contribution >= 4 is 34.8 Å². The molecule has 0 saturated heterocycles. The number of amides is 2. The zero-order chi connectivity index (χ0) is 22.2. The Morgan fingerprint density at radius 2 is 1.71 bits per heavy atom. The number of para-hydroxylation sites is 1. The summed E-state index contributed by atoms with van der Waals surface area (Å²) in [5.41, 5.74) is 1.60. The van der Waals surface area contributed by atoms with Crippen molar-refractivity contribution in [2.45, 2.75) is 25.9 Å². The van der Waals surface area contributed by atoms with Gasteiger partial charge in [-0.3, -0.25) is 9.59 Å². The molecular weight excluding hydrogens is 396 g/mol. The van der Waals surface area contributed by atoms with Crippen molar-refractivity contribution in [3.05, 3.63) is 78.1 Å². The Kier molecular flexibility index (Phi) is 7.22. The summed E-state index contributed by atoms with van der Waals surface area (Å²) in [5.74, 6) is -1.00. The largest absolute Gasteiger partial charge is 0.459 e. The van der Waals surface area contributed by atoms with E-state index < -0.39 is 30.4 Å². The molecule has 2 N–H and O–H groups in total. The van der Waals surface area contributed by atoms with Gasteiger partial charge in [0.25, 0.3) is 5.91 Å². The number of carbonyl (C=O) groups is 3. The van der Waals surface area contributed by atoms with E-state index >= 15 is 0 Å². The SMILES string of the molecule is C[C@H](NC(=O)/C=C/c1ccccc1)C(=O)OCC(=O)N[C@H](C)c1cc2ccccc2o1. The van der Waals surface area contributed by atoms with E-state index in [2.05, 4.69) is 10.6 Å². The zero-order valence-corrected chi connectivity index (χ0v) is 17.3. The first-order chi connectivity index (χ1) is 14.9. The number of rotatable bonds is 8. The van der Waals surface area contributed by atoms with Crippen molar-refractivity contribution in [1.82, 2.24) is 10.6 Å². The second-order valence-corrected chi connectivity index (χ2v) is 7.06. The van der Waals surface area contributed by atoms with E-state index in [1.165, 1.54) is 13.0 Å². The minimum atomic E-state index is -0.895. The highest BCUT2D eigenvalue weighted by molar-refractivity contribution is 5.94. The van der Waals surface area contributed by atoms with Gasteiger partial charge in [-0.25, -0.2) is 4.79 Å². The minimum Gasteiger partial charge on any atom is -0.459 e. The summed E-state index contributed by atoms with van der Waals surface area (Å²) in [7, 11) is 0. The van der Waals surface area contributed by atoms with Crippen LogP contribution in [-0.4, -0.2) is 30.4 Å². The smallest absolute Gasteiger partial charge is 0.328 e. The van der Waals surface area contributed by atoms with Crippen LogP contribution in [0, 0.1) is 0 Å². The van der Waals surface area contributed by atoms with Gasteiger partial charge in [0.1, 0.15) is 17.4 Å².